The molecule has 0 aromatic heterocycles. The third-order valence-electron chi connectivity index (χ3n) is 5.18. The van der Waals surface area contributed by atoms with E-state index in [0.717, 1.165) is 5.56 Å². The van der Waals surface area contributed by atoms with Crippen molar-refractivity contribution in [3.63, 3.8) is 0 Å². The van der Waals surface area contributed by atoms with Crippen LogP contribution in [0.1, 0.15) is 36.8 Å². The first-order valence-electron chi connectivity index (χ1n) is 8.53. The molecule has 0 amide bonds. The van der Waals surface area contributed by atoms with Gasteiger partial charge in [-0.1, -0.05) is 42.5 Å². The molecule has 1 saturated heterocycles. The molecule has 0 unspecified atom stereocenters. The number of nitro groups is 1. The number of rotatable bonds is 3. The first-order valence-corrected chi connectivity index (χ1v) is 8.53. The number of nitrogens with zero attached hydrogens (tertiary/aromatic N) is 1. The van der Waals surface area contributed by atoms with E-state index in [4.69, 9.17) is 9.47 Å². The van der Waals surface area contributed by atoms with Crippen LogP contribution in [0.5, 0.6) is 0 Å². The van der Waals surface area contributed by atoms with Gasteiger partial charge in [0.1, 0.15) is 0 Å². The maximum atomic E-state index is 12.9. The highest BCUT2D eigenvalue weighted by Crippen LogP contribution is 2.72. The number of ether oxygens (including phenoxy) is 2. The van der Waals surface area contributed by atoms with Crippen molar-refractivity contribution >= 4 is 17.6 Å². The molecule has 27 heavy (non-hydrogen) atoms. The van der Waals surface area contributed by atoms with E-state index >= 15 is 0 Å². The molecule has 4 rings (SSSR count). The van der Waals surface area contributed by atoms with Gasteiger partial charge in [0.2, 0.25) is 0 Å². The first kappa shape index (κ1) is 17.2. The molecule has 2 aromatic carbocycles. The van der Waals surface area contributed by atoms with Gasteiger partial charge < -0.3 is 9.47 Å². The minimum absolute atomic E-state index is 0.0559. The summed E-state index contributed by atoms with van der Waals surface area (Å²) in [4.78, 5) is 36.2. The monoisotopic (exact) mass is 367 g/mol. The largest absolute Gasteiger partial charge is 0.422 e. The van der Waals surface area contributed by atoms with Crippen molar-refractivity contribution in [1.29, 1.82) is 0 Å². The van der Waals surface area contributed by atoms with E-state index in [-0.39, 0.29) is 5.69 Å². The molecule has 0 radical (unpaired) electrons. The lowest BCUT2D eigenvalue weighted by molar-refractivity contribution is -0.384. The average Bonchev–Trinajstić information content (AvgIpc) is 3.32. The highest BCUT2D eigenvalue weighted by Gasteiger charge is 2.79. The molecular formula is C20H17NO6. The molecule has 1 saturated carbocycles. The number of hydrogen-bond donors (Lipinski definition) is 0. The van der Waals surface area contributed by atoms with Gasteiger partial charge in [-0.3, -0.25) is 19.7 Å². The second kappa shape index (κ2) is 5.64. The van der Waals surface area contributed by atoms with Crippen LogP contribution in [0.3, 0.4) is 0 Å². The first-order chi connectivity index (χ1) is 12.8. The van der Waals surface area contributed by atoms with E-state index in [1.165, 1.54) is 26.0 Å². The van der Waals surface area contributed by atoms with Crippen LogP contribution in [-0.2, 0) is 19.1 Å². The molecule has 2 aliphatic rings. The lowest BCUT2D eigenvalue weighted by Gasteiger charge is -2.34. The van der Waals surface area contributed by atoms with Crippen LogP contribution >= 0.6 is 0 Å². The summed E-state index contributed by atoms with van der Waals surface area (Å²) in [5.41, 5.74) is -0.0512. The highest BCUT2D eigenvalue weighted by atomic mass is 16.7. The zero-order chi connectivity index (χ0) is 19.4. The molecule has 138 valence electrons. The molecule has 2 aromatic rings. The van der Waals surface area contributed by atoms with E-state index in [1.807, 2.05) is 30.3 Å². The minimum atomic E-state index is -1.47. The van der Waals surface area contributed by atoms with Crippen LogP contribution in [-0.4, -0.2) is 22.6 Å². The van der Waals surface area contributed by atoms with E-state index in [0.29, 0.717) is 5.56 Å². The zero-order valence-electron chi connectivity index (χ0n) is 14.7. The third-order valence-corrected chi connectivity index (χ3v) is 5.18. The summed E-state index contributed by atoms with van der Waals surface area (Å²) in [7, 11) is 0. The topological polar surface area (TPSA) is 95.7 Å². The van der Waals surface area contributed by atoms with Crippen molar-refractivity contribution in [1.82, 2.24) is 0 Å². The van der Waals surface area contributed by atoms with E-state index in [9.17, 15) is 19.7 Å². The number of non-ortho nitro benzene ring substituents is 1. The van der Waals surface area contributed by atoms with Crippen LogP contribution in [0, 0.1) is 15.5 Å². The number of esters is 2. The third kappa shape index (κ3) is 2.50. The Morgan fingerprint density at radius 3 is 1.81 bits per heavy atom. The Morgan fingerprint density at radius 2 is 1.33 bits per heavy atom. The number of carbonyl (C=O) groups excluding carboxylic acids is 2. The fraction of sp³-hybridized carbons (Fsp3) is 0.300. The van der Waals surface area contributed by atoms with Crippen molar-refractivity contribution in [3.05, 3.63) is 75.8 Å². The van der Waals surface area contributed by atoms with Gasteiger partial charge in [0.05, 0.1) is 4.92 Å². The lowest BCUT2D eigenvalue weighted by Crippen LogP contribution is -2.48. The normalized spacial score (nSPS) is 24.8. The van der Waals surface area contributed by atoms with Gasteiger partial charge in [0, 0.05) is 37.8 Å². The predicted molar refractivity (Wildman–Crippen MR) is 93.7 cm³/mol. The van der Waals surface area contributed by atoms with Crippen LogP contribution in [0.15, 0.2) is 54.6 Å². The van der Waals surface area contributed by atoms with E-state index < -0.39 is 39.9 Å². The minimum Gasteiger partial charge on any atom is -0.422 e. The standard InChI is InChI=1S/C20H17NO6/c1-19(2)26-17(22)20(18(23)27-19)15(12-6-4-3-5-7-12)16(20)13-8-10-14(11-9-13)21(24)25/h3-11,15-16H,1-2H3/t15-,16-/m1/s1. The van der Waals surface area contributed by atoms with Gasteiger partial charge in [-0.05, 0) is 11.1 Å². The van der Waals surface area contributed by atoms with Gasteiger partial charge in [-0.2, -0.15) is 0 Å². The van der Waals surface area contributed by atoms with Gasteiger partial charge in [-0.25, -0.2) is 0 Å². The van der Waals surface area contributed by atoms with Crippen molar-refractivity contribution in [2.45, 2.75) is 31.5 Å². The molecule has 7 nitrogen and oxygen atoms in total. The van der Waals surface area contributed by atoms with E-state index in [2.05, 4.69) is 0 Å². The summed E-state index contributed by atoms with van der Waals surface area (Å²) in [5.74, 6) is -3.52. The van der Waals surface area contributed by atoms with Gasteiger partial charge >= 0.3 is 11.9 Å². The number of hydrogen-bond acceptors (Lipinski definition) is 6. The maximum absolute atomic E-state index is 12.9. The van der Waals surface area contributed by atoms with Crippen LogP contribution in [0.4, 0.5) is 5.69 Å². The summed E-state index contributed by atoms with van der Waals surface area (Å²) in [6.45, 7) is 3.02. The quantitative estimate of drug-likeness (QED) is 0.357. The van der Waals surface area contributed by atoms with Crippen molar-refractivity contribution in [2.75, 3.05) is 0 Å². The highest BCUT2D eigenvalue weighted by molar-refractivity contribution is 6.08. The molecule has 0 bridgehead atoms. The zero-order valence-corrected chi connectivity index (χ0v) is 14.7. The molecule has 2 atom stereocenters. The van der Waals surface area contributed by atoms with Crippen molar-refractivity contribution in [2.24, 2.45) is 5.41 Å². The Kier molecular flexibility index (Phi) is 3.59. The van der Waals surface area contributed by atoms with Crippen LogP contribution < -0.4 is 0 Å². The Balaban J connectivity index is 1.80. The SMILES string of the molecule is CC1(C)OC(=O)C2(C(=O)O1)[C@H](c1ccccc1)[C@H]2c1ccc([N+](=O)[O-])cc1. The molecule has 1 heterocycles. The second-order valence-corrected chi connectivity index (χ2v) is 7.26. The number of nitro benzene ring substituents is 1. The maximum Gasteiger partial charge on any atom is 0.328 e. The molecular weight excluding hydrogens is 350 g/mol. The van der Waals surface area contributed by atoms with Gasteiger partial charge in [0.25, 0.3) is 11.5 Å². The molecule has 0 N–H and O–H groups in total. The Labute approximate surface area is 155 Å². The lowest BCUT2D eigenvalue weighted by atomic mass is 9.96. The predicted octanol–water partition coefficient (Wildman–Crippen LogP) is 3.30. The Bertz CT molecular complexity index is 915. The van der Waals surface area contributed by atoms with Crippen LogP contribution in [0.25, 0.3) is 0 Å². The second-order valence-electron chi connectivity index (χ2n) is 7.26. The summed E-state index contributed by atoms with van der Waals surface area (Å²) in [6, 6.07) is 15.1. The number of carbonyl (C=O) groups is 2. The smallest absolute Gasteiger partial charge is 0.328 e. The fourth-order valence-electron chi connectivity index (χ4n) is 3.99. The van der Waals surface area contributed by atoms with Crippen LogP contribution in [0.2, 0.25) is 0 Å². The summed E-state index contributed by atoms with van der Waals surface area (Å²) in [5, 5.41) is 10.9. The molecule has 1 aliphatic heterocycles. The Morgan fingerprint density at radius 1 is 0.852 bits per heavy atom. The molecule has 1 spiro atoms. The number of benzene rings is 2. The Hall–Kier alpha value is -3.22. The summed E-state index contributed by atoms with van der Waals surface area (Å²) >= 11 is 0. The molecule has 1 aliphatic carbocycles. The summed E-state index contributed by atoms with van der Waals surface area (Å²) in [6.07, 6.45) is 0. The number of cyclic esters (lactones) is 2. The average molecular weight is 367 g/mol. The molecule has 7 heteroatoms. The molecule has 2 fully saturated rings. The van der Waals surface area contributed by atoms with E-state index in [1.54, 1.807) is 12.1 Å². The summed E-state index contributed by atoms with van der Waals surface area (Å²) < 4.78 is 10.8. The van der Waals surface area contributed by atoms with Crippen molar-refractivity contribution in [3.8, 4) is 0 Å². The fourth-order valence-corrected chi connectivity index (χ4v) is 3.99. The van der Waals surface area contributed by atoms with Crippen molar-refractivity contribution < 1.29 is 24.0 Å². The van der Waals surface area contributed by atoms with Gasteiger partial charge in [-0.15, -0.1) is 0 Å². The van der Waals surface area contributed by atoms with Gasteiger partial charge in [0.15, 0.2) is 5.41 Å².